The smallest absolute Gasteiger partial charge is 0.228 e. The van der Waals surface area contributed by atoms with Gasteiger partial charge < -0.3 is 19.5 Å². The first-order chi connectivity index (χ1) is 13.2. The Bertz CT molecular complexity index is 875. The molecule has 1 aromatic carbocycles. The number of hydrogen-bond acceptors (Lipinski definition) is 6. The third-order valence-electron chi connectivity index (χ3n) is 5.41. The molecule has 2 aromatic rings. The summed E-state index contributed by atoms with van der Waals surface area (Å²) in [4.78, 5) is 12.5. The summed E-state index contributed by atoms with van der Waals surface area (Å²) in [6.45, 7) is 3.02. The number of anilines is 2. The Hall–Kier alpha value is -1.54. The second-order valence-electron chi connectivity index (χ2n) is 7.25. The lowest BCUT2D eigenvalue weighted by molar-refractivity contribution is 0.0903. The molecule has 1 aromatic heterocycles. The van der Waals surface area contributed by atoms with E-state index in [0.29, 0.717) is 17.7 Å². The number of nitrogens with one attached hydrogen (secondary N) is 1. The van der Waals surface area contributed by atoms with Crippen molar-refractivity contribution in [2.45, 2.75) is 43.3 Å². The molecule has 0 bridgehead atoms. The van der Waals surface area contributed by atoms with Crippen molar-refractivity contribution < 1.29 is 9.29 Å². The molecule has 0 amide bonds. The molecule has 0 unspecified atom stereocenters. The molecule has 3 aliphatic rings. The van der Waals surface area contributed by atoms with Gasteiger partial charge in [0.05, 0.1) is 0 Å². The van der Waals surface area contributed by atoms with E-state index in [1.807, 2.05) is 12.1 Å². The van der Waals surface area contributed by atoms with E-state index in [0.717, 1.165) is 67.0 Å². The van der Waals surface area contributed by atoms with E-state index in [-0.39, 0.29) is 0 Å². The number of benzene rings is 1. The van der Waals surface area contributed by atoms with Crippen molar-refractivity contribution in [3.63, 3.8) is 0 Å². The number of rotatable bonds is 3. The normalized spacial score (nSPS) is 22.0. The van der Waals surface area contributed by atoms with Gasteiger partial charge in [0, 0.05) is 43.8 Å². The lowest BCUT2D eigenvalue weighted by atomic mass is 10.1. The van der Waals surface area contributed by atoms with Gasteiger partial charge in [-0.1, -0.05) is 17.7 Å². The Morgan fingerprint density at radius 2 is 2.00 bits per heavy atom. The Balaban J connectivity index is 1.46. The van der Waals surface area contributed by atoms with Crippen LogP contribution >= 0.6 is 11.6 Å². The van der Waals surface area contributed by atoms with Crippen molar-refractivity contribution in [2.24, 2.45) is 0 Å². The van der Waals surface area contributed by atoms with Crippen LogP contribution in [0.3, 0.4) is 0 Å². The molecule has 3 aliphatic heterocycles. The molecular formula is C19H21ClN4O2S. The van der Waals surface area contributed by atoms with Crippen LogP contribution < -0.4 is 10.2 Å². The molecule has 6 nitrogen and oxygen atoms in total. The maximum Gasteiger partial charge on any atom is 0.228 e. The highest BCUT2D eigenvalue weighted by atomic mass is 35.5. The minimum atomic E-state index is -1.02. The van der Waals surface area contributed by atoms with Crippen molar-refractivity contribution >= 4 is 34.5 Å². The molecule has 1 fully saturated rings. The number of nitrogens with zero attached hydrogens (tertiary/aromatic N) is 3. The quantitative estimate of drug-likeness (QED) is 0.793. The Morgan fingerprint density at radius 1 is 1.19 bits per heavy atom. The summed E-state index contributed by atoms with van der Waals surface area (Å²) < 4.78 is 18.0. The predicted octanol–water partition coefficient (Wildman–Crippen LogP) is 2.90. The van der Waals surface area contributed by atoms with E-state index >= 15 is 0 Å². The Morgan fingerprint density at radius 3 is 2.85 bits per heavy atom. The van der Waals surface area contributed by atoms with Gasteiger partial charge in [-0.25, -0.2) is 4.98 Å². The second kappa shape index (κ2) is 7.13. The minimum absolute atomic E-state index is 0.304. The topological polar surface area (TPSA) is 73.3 Å². The van der Waals surface area contributed by atoms with Crippen LogP contribution in [0.1, 0.15) is 29.7 Å². The zero-order valence-electron chi connectivity index (χ0n) is 14.9. The fourth-order valence-electron chi connectivity index (χ4n) is 3.96. The van der Waals surface area contributed by atoms with Gasteiger partial charge in [-0.15, -0.1) is 0 Å². The highest BCUT2D eigenvalue weighted by Crippen LogP contribution is 2.35. The van der Waals surface area contributed by atoms with E-state index in [1.165, 1.54) is 11.1 Å². The van der Waals surface area contributed by atoms with Crippen LogP contribution in [0.15, 0.2) is 23.1 Å². The first-order valence-corrected chi connectivity index (χ1v) is 11.0. The van der Waals surface area contributed by atoms with Gasteiger partial charge in [0.2, 0.25) is 10.8 Å². The van der Waals surface area contributed by atoms with Gasteiger partial charge in [0.1, 0.15) is 11.4 Å². The maximum atomic E-state index is 12.5. The summed E-state index contributed by atoms with van der Waals surface area (Å²) >= 11 is 5.12. The number of aromatic nitrogens is 2. The number of aryl methyl sites for hydroxylation is 1. The lowest BCUT2D eigenvalue weighted by Crippen LogP contribution is -2.29. The fraction of sp³-hybridized carbons (Fsp3) is 0.474. The third-order valence-corrected chi connectivity index (χ3v) is 7.11. The van der Waals surface area contributed by atoms with Crippen LogP contribution in [-0.4, -0.2) is 39.5 Å². The summed E-state index contributed by atoms with van der Waals surface area (Å²) in [6, 6.07) is 6.31. The van der Waals surface area contributed by atoms with Crippen LogP contribution in [0.2, 0.25) is 5.02 Å². The molecule has 27 heavy (non-hydrogen) atoms. The van der Waals surface area contributed by atoms with Gasteiger partial charge in [-0.3, -0.25) is 0 Å². The van der Waals surface area contributed by atoms with Crippen molar-refractivity contribution in [1.29, 1.82) is 0 Å². The molecule has 142 valence electrons. The molecule has 1 N–H and O–H groups in total. The van der Waals surface area contributed by atoms with Gasteiger partial charge in [-0.2, -0.15) is 4.98 Å². The number of fused-ring (bicyclic) bond motifs is 2. The second-order valence-corrected chi connectivity index (χ2v) is 9.19. The average molecular weight is 405 g/mol. The highest BCUT2D eigenvalue weighted by Gasteiger charge is 2.34. The monoisotopic (exact) mass is 404 g/mol. The maximum absolute atomic E-state index is 12.5. The van der Waals surface area contributed by atoms with Crippen molar-refractivity contribution in [3.8, 4) is 0 Å². The first-order valence-electron chi connectivity index (χ1n) is 9.33. The molecule has 4 heterocycles. The van der Waals surface area contributed by atoms with Crippen molar-refractivity contribution in [1.82, 2.24) is 9.97 Å². The van der Waals surface area contributed by atoms with Gasteiger partial charge in [0.15, 0.2) is 5.82 Å². The standard InChI is InChI=1S/C19H21ClN4O2S/c20-14-2-1-12-10-24(11-13(12)9-14)19-22-16-5-8-27(25)17(16)18(23-19)21-15-3-6-26-7-4-15/h1-2,9,15H,3-8,10-11H2,(H,21,22,23)/t27-/m1/s1. The molecule has 0 radical (unpaired) electrons. The summed E-state index contributed by atoms with van der Waals surface area (Å²) in [6.07, 6.45) is 2.62. The SMILES string of the molecule is [O-][S@+]1CCc2nc(N3Cc4ccc(Cl)cc4C3)nc(NC3CCOCC3)c21. The predicted molar refractivity (Wildman–Crippen MR) is 106 cm³/mol. The highest BCUT2D eigenvalue weighted by molar-refractivity contribution is 7.91. The molecule has 0 aliphatic carbocycles. The first kappa shape index (κ1) is 17.6. The van der Waals surface area contributed by atoms with Gasteiger partial charge >= 0.3 is 0 Å². The largest absolute Gasteiger partial charge is 0.611 e. The lowest BCUT2D eigenvalue weighted by Gasteiger charge is -2.25. The van der Waals surface area contributed by atoms with Gasteiger partial charge in [-0.05, 0) is 47.3 Å². The van der Waals surface area contributed by atoms with Crippen molar-refractivity contribution in [3.05, 3.63) is 40.0 Å². The average Bonchev–Trinajstić information content (AvgIpc) is 3.26. The molecule has 0 spiro atoms. The van der Waals surface area contributed by atoms with E-state index in [9.17, 15) is 4.55 Å². The molecule has 1 saturated heterocycles. The molecular weight excluding hydrogens is 384 g/mol. The van der Waals surface area contributed by atoms with Crippen LogP contribution in [0.4, 0.5) is 11.8 Å². The van der Waals surface area contributed by atoms with Crippen molar-refractivity contribution in [2.75, 3.05) is 29.2 Å². The fourth-order valence-corrected chi connectivity index (χ4v) is 5.47. The van der Waals surface area contributed by atoms with Crippen LogP contribution in [-0.2, 0) is 35.4 Å². The Labute approximate surface area is 166 Å². The number of halogens is 1. The zero-order valence-corrected chi connectivity index (χ0v) is 16.5. The molecule has 5 rings (SSSR count). The zero-order chi connectivity index (χ0) is 18.4. The molecule has 1 atom stereocenters. The van der Waals surface area contributed by atoms with E-state index in [4.69, 9.17) is 26.3 Å². The Kier molecular flexibility index (Phi) is 4.63. The molecule has 0 saturated carbocycles. The minimum Gasteiger partial charge on any atom is -0.611 e. The van der Waals surface area contributed by atoms with E-state index in [1.54, 1.807) is 0 Å². The summed E-state index contributed by atoms with van der Waals surface area (Å²) in [7, 11) is 0. The van der Waals surface area contributed by atoms with Crippen LogP contribution in [0.25, 0.3) is 0 Å². The summed E-state index contributed by atoms with van der Waals surface area (Å²) in [5.74, 6) is 2.08. The van der Waals surface area contributed by atoms with E-state index < -0.39 is 11.2 Å². The summed E-state index contributed by atoms with van der Waals surface area (Å²) in [5, 5.41) is 4.29. The number of hydrogen-bond donors (Lipinski definition) is 1. The van der Waals surface area contributed by atoms with Crippen LogP contribution in [0.5, 0.6) is 0 Å². The van der Waals surface area contributed by atoms with Crippen LogP contribution in [0, 0.1) is 0 Å². The molecule has 8 heteroatoms. The van der Waals surface area contributed by atoms with Gasteiger partial charge in [0.25, 0.3) is 0 Å². The number of ether oxygens (including phenoxy) is 1. The summed E-state index contributed by atoms with van der Waals surface area (Å²) in [5.41, 5.74) is 3.39. The third kappa shape index (κ3) is 3.38. The van der Waals surface area contributed by atoms with E-state index in [2.05, 4.69) is 16.3 Å².